The third-order valence-corrected chi connectivity index (χ3v) is 3.37. The van der Waals surface area contributed by atoms with Gasteiger partial charge < -0.3 is 24.8 Å². The molecule has 0 radical (unpaired) electrons. The molecule has 1 fully saturated rings. The molecule has 0 bridgehead atoms. The Morgan fingerprint density at radius 2 is 1.83 bits per heavy atom. The SMILES string of the molecule is C=CCNC(=NCC(=O)N(C)C)N1CCN(C(=O)OCC)CC1.I. The first-order valence-corrected chi connectivity index (χ1v) is 7.75. The molecule has 1 N–H and O–H groups in total. The average molecular weight is 453 g/mol. The zero-order chi connectivity index (χ0) is 17.2. The highest BCUT2D eigenvalue weighted by atomic mass is 127. The van der Waals surface area contributed by atoms with E-state index in [1.807, 2.05) is 4.90 Å². The smallest absolute Gasteiger partial charge is 0.409 e. The molecule has 0 spiro atoms. The molecule has 0 atom stereocenters. The lowest BCUT2D eigenvalue weighted by Gasteiger charge is -2.35. The predicted octanol–water partition coefficient (Wildman–Crippen LogP) is 0.598. The van der Waals surface area contributed by atoms with Gasteiger partial charge in [-0.3, -0.25) is 4.79 Å². The van der Waals surface area contributed by atoms with Gasteiger partial charge >= 0.3 is 6.09 Å². The van der Waals surface area contributed by atoms with Crippen molar-refractivity contribution in [3.8, 4) is 0 Å². The summed E-state index contributed by atoms with van der Waals surface area (Å²) in [5, 5.41) is 3.16. The molecular weight excluding hydrogens is 425 g/mol. The number of hydrogen-bond acceptors (Lipinski definition) is 4. The Balaban J connectivity index is 0.00000529. The van der Waals surface area contributed by atoms with E-state index >= 15 is 0 Å². The molecular formula is C15H28IN5O3. The van der Waals surface area contributed by atoms with Crippen LogP contribution in [0.2, 0.25) is 0 Å². The first-order valence-electron chi connectivity index (χ1n) is 7.75. The van der Waals surface area contributed by atoms with Crippen molar-refractivity contribution in [2.24, 2.45) is 4.99 Å². The summed E-state index contributed by atoms with van der Waals surface area (Å²) in [7, 11) is 3.40. The van der Waals surface area contributed by atoms with E-state index in [1.54, 1.807) is 32.0 Å². The first kappa shape index (κ1) is 22.5. The maximum atomic E-state index is 11.7. The molecule has 2 amide bonds. The van der Waals surface area contributed by atoms with Crippen molar-refractivity contribution in [2.75, 3.05) is 60.0 Å². The van der Waals surface area contributed by atoms with E-state index in [0.717, 1.165) is 0 Å². The van der Waals surface area contributed by atoms with Gasteiger partial charge in [0.05, 0.1) is 6.61 Å². The van der Waals surface area contributed by atoms with Gasteiger partial charge in [-0.15, -0.1) is 30.6 Å². The summed E-state index contributed by atoms with van der Waals surface area (Å²) in [6.07, 6.45) is 1.45. The zero-order valence-electron chi connectivity index (χ0n) is 14.7. The number of ether oxygens (including phenoxy) is 1. The minimum atomic E-state index is -0.285. The molecule has 1 aliphatic rings. The van der Waals surface area contributed by atoms with E-state index in [1.165, 1.54) is 4.90 Å². The highest BCUT2D eigenvalue weighted by Crippen LogP contribution is 2.04. The number of carbonyl (C=O) groups is 2. The number of nitrogens with one attached hydrogen (secondary N) is 1. The molecule has 138 valence electrons. The van der Waals surface area contributed by atoms with Crippen LogP contribution in [0.1, 0.15) is 6.92 Å². The minimum absolute atomic E-state index is 0. The predicted molar refractivity (Wildman–Crippen MR) is 105 cm³/mol. The molecule has 8 nitrogen and oxygen atoms in total. The van der Waals surface area contributed by atoms with Crippen LogP contribution in [0.4, 0.5) is 4.79 Å². The Bertz CT molecular complexity index is 448. The van der Waals surface area contributed by atoms with Gasteiger partial charge in [-0.05, 0) is 6.92 Å². The van der Waals surface area contributed by atoms with Crippen molar-refractivity contribution < 1.29 is 14.3 Å². The van der Waals surface area contributed by atoms with E-state index in [9.17, 15) is 9.59 Å². The second-order valence-corrected chi connectivity index (χ2v) is 5.27. The van der Waals surface area contributed by atoms with E-state index in [4.69, 9.17) is 4.74 Å². The molecule has 0 saturated carbocycles. The standard InChI is InChI=1S/C15H27N5O3.HI/c1-5-7-16-14(17-12-13(21)18(3)4)19-8-10-20(11-9-19)15(22)23-6-2;/h5H,1,6-12H2,2-4H3,(H,16,17);1H. The number of carbonyl (C=O) groups excluding carboxylic acids is 2. The van der Waals surface area contributed by atoms with Crippen molar-refractivity contribution in [2.45, 2.75) is 6.92 Å². The normalized spacial score (nSPS) is 14.5. The second-order valence-electron chi connectivity index (χ2n) is 5.27. The molecule has 1 aliphatic heterocycles. The number of piperazine rings is 1. The molecule has 0 unspecified atom stereocenters. The van der Waals surface area contributed by atoms with Crippen LogP contribution in [-0.4, -0.2) is 92.6 Å². The average Bonchev–Trinajstić information content (AvgIpc) is 2.55. The van der Waals surface area contributed by atoms with Gasteiger partial charge in [0.1, 0.15) is 6.54 Å². The van der Waals surface area contributed by atoms with Crippen LogP contribution in [0, 0.1) is 0 Å². The number of guanidine groups is 1. The summed E-state index contributed by atoms with van der Waals surface area (Å²) >= 11 is 0. The maximum Gasteiger partial charge on any atom is 0.409 e. The van der Waals surface area contributed by atoms with Crippen LogP contribution in [0.3, 0.4) is 0 Å². The fraction of sp³-hybridized carbons (Fsp3) is 0.667. The summed E-state index contributed by atoms with van der Waals surface area (Å²) in [4.78, 5) is 33.0. The Hall–Kier alpha value is -1.52. The number of halogens is 1. The van der Waals surface area contributed by atoms with Gasteiger partial charge in [-0.25, -0.2) is 9.79 Å². The van der Waals surface area contributed by atoms with Gasteiger partial charge in [-0.1, -0.05) is 6.08 Å². The number of hydrogen-bond donors (Lipinski definition) is 1. The molecule has 0 aromatic rings. The monoisotopic (exact) mass is 453 g/mol. The number of nitrogens with zero attached hydrogens (tertiary/aromatic N) is 4. The molecule has 9 heteroatoms. The van der Waals surface area contributed by atoms with E-state index < -0.39 is 0 Å². The van der Waals surface area contributed by atoms with Gasteiger partial charge in [0.25, 0.3) is 0 Å². The third kappa shape index (κ3) is 7.37. The Morgan fingerprint density at radius 3 is 2.33 bits per heavy atom. The minimum Gasteiger partial charge on any atom is -0.450 e. The number of rotatable bonds is 5. The van der Waals surface area contributed by atoms with Crippen LogP contribution in [0.5, 0.6) is 0 Å². The van der Waals surface area contributed by atoms with E-state index in [0.29, 0.717) is 45.3 Å². The van der Waals surface area contributed by atoms with Crippen molar-refractivity contribution in [3.05, 3.63) is 12.7 Å². The molecule has 24 heavy (non-hydrogen) atoms. The van der Waals surface area contributed by atoms with Crippen LogP contribution < -0.4 is 5.32 Å². The Labute approximate surface area is 160 Å². The lowest BCUT2D eigenvalue weighted by molar-refractivity contribution is -0.127. The van der Waals surface area contributed by atoms with Crippen molar-refractivity contribution >= 4 is 41.9 Å². The van der Waals surface area contributed by atoms with Gasteiger partial charge in [-0.2, -0.15) is 0 Å². The molecule has 0 aromatic carbocycles. The molecule has 1 heterocycles. The Morgan fingerprint density at radius 1 is 1.25 bits per heavy atom. The van der Waals surface area contributed by atoms with Crippen molar-refractivity contribution in [1.29, 1.82) is 0 Å². The molecule has 1 rings (SSSR count). The number of amides is 2. The lowest BCUT2D eigenvalue weighted by Crippen LogP contribution is -2.54. The quantitative estimate of drug-likeness (QED) is 0.286. The second kappa shape index (κ2) is 11.9. The topological polar surface area (TPSA) is 77.5 Å². The molecule has 1 saturated heterocycles. The van der Waals surface area contributed by atoms with E-state index in [-0.39, 0.29) is 42.5 Å². The summed E-state index contributed by atoms with van der Waals surface area (Å²) in [5.74, 6) is 0.594. The third-order valence-electron chi connectivity index (χ3n) is 3.37. The maximum absolute atomic E-state index is 11.7. The summed E-state index contributed by atoms with van der Waals surface area (Å²) in [5.41, 5.74) is 0. The molecule has 0 aliphatic carbocycles. The van der Waals surface area contributed by atoms with Crippen molar-refractivity contribution in [1.82, 2.24) is 20.0 Å². The van der Waals surface area contributed by atoms with Crippen molar-refractivity contribution in [3.63, 3.8) is 0 Å². The van der Waals surface area contributed by atoms with Gasteiger partial charge in [0.2, 0.25) is 5.91 Å². The van der Waals surface area contributed by atoms with Crippen LogP contribution in [-0.2, 0) is 9.53 Å². The highest BCUT2D eigenvalue weighted by Gasteiger charge is 2.23. The summed E-state index contributed by atoms with van der Waals surface area (Å²) < 4.78 is 5.01. The summed E-state index contributed by atoms with van der Waals surface area (Å²) in [6.45, 7) is 8.90. The van der Waals surface area contributed by atoms with Crippen LogP contribution in [0.15, 0.2) is 17.6 Å². The highest BCUT2D eigenvalue weighted by molar-refractivity contribution is 14.0. The Kier molecular flexibility index (Phi) is 11.2. The first-order chi connectivity index (χ1) is 11.0. The largest absolute Gasteiger partial charge is 0.450 e. The van der Waals surface area contributed by atoms with Crippen LogP contribution in [0.25, 0.3) is 0 Å². The zero-order valence-corrected chi connectivity index (χ0v) is 17.0. The van der Waals surface area contributed by atoms with Gasteiger partial charge in [0.15, 0.2) is 5.96 Å². The fourth-order valence-corrected chi connectivity index (χ4v) is 2.03. The van der Waals surface area contributed by atoms with Gasteiger partial charge in [0, 0.05) is 46.8 Å². The van der Waals surface area contributed by atoms with Crippen LogP contribution >= 0.6 is 24.0 Å². The lowest BCUT2D eigenvalue weighted by atomic mass is 10.3. The number of aliphatic imine (C=N–C) groups is 1. The number of likely N-dealkylation sites (N-methyl/N-ethyl adjacent to an activating group) is 1. The fourth-order valence-electron chi connectivity index (χ4n) is 2.03. The molecule has 0 aromatic heterocycles. The van der Waals surface area contributed by atoms with E-state index in [2.05, 4.69) is 16.9 Å². The summed E-state index contributed by atoms with van der Waals surface area (Å²) in [6, 6.07) is 0.